The van der Waals surface area contributed by atoms with Crippen molar-refractivity contribution in [2.45, 2.75) is 57.1 Å². The van der Waals surface area contributed by atoms with E-state index in [0.717, 1.165) is 43.8 Å². The third kappa shape index (κ3) is 6.64. The van der Waals surface area contributed by atoms with Crippen molar-refractivity contribution >= 4 is 41.0 Å². The minimum atomic E-state index is -1.39. The van der Waals surface area contributed by atoms with Gasteiger partial charge in [0.15, 0.2) is 0 Å². The van der Waals surface area contributed by atoms with Crippen molar-refractivity contribution in [3.8, 4) is 5.75 Å². The summed E-state index contributed by atoms with van der Waals surface area (Å²) in [6.45, 7) is 1.97. The second kappa shape index (κ2) is 12.3. The van der Waals surface area contributed by atoms with Crippen LogP contribution in [-0.2, 0) is 9.59 Å². The molecule has 11 heteroatoms. The fourth-order valence-electron chi connectivity index (χ4n) is 5.63. The molecule has 2 aromatic carbocycles. The Morgan fingerprint density at radius 1 is 0.900 bits per heavy atom. The van der Waals surface area contributed by atoms with E-state index in [1.807, 2.05) is 48.5 Å². The molecule has 2 aliphatic heterocycles. The number of ether oxygens (including phenoxy) is 1. The highest BCUT2D eigenvalue weighted by molar-refractivity contribution is 6.00. The molecule has 1 saturated carbocycles. The zero-order valence-corrected chi connectivity index (χ0v) is 22.3. The van der Waals surface area contributed by atoms with Crippen molar-refractivity contribution < 1.29 is 29.0 Å². The Hall–Kier alpha value is -4.28. The van der Waals surface area contributed by atoms with Gasteiger partial charge in [-0.15, -0.1) is 0 Å². The number of nitrogens with zero attached hydrogens (tertiary/aromatic N) is 2. The molecule has 2 unspecified atom stereocenters. The highest BCUT2D eigenvalue weighted by Crippen LogP contribution is 2.27. The van der Waals surface area contributed by atoms with Crippen LogP contribution in [-0.4, -0.2) is 65.7 Å². The van der Waals surface area contributed by atoms with E-state index >= 15 is 0 Å². The molecule has 0 spiro atoms. The van der Waals surface area contributed by atoms with Crippen molar-refractivity contribution in [3.63, 3.8) is 0 Å². The summed E-state index contributed by atoms with van der Waals surface area (Å²) in [4.78, 5) is 50.9. The Kier molecular flexibility index (Phi) is 8.37. The van der Waals surface area contributed by atoms with Crippen LogP contribution in [0.15, 0.2) is 48.5 Å². The molecule has 2 heterocycles. The van der Waals surface area contributed by atoms with Crippen LogP contribution in [0.5, 0.6) is 5.75 Å². The fraction of sp³-hybridized carbons (Fsp3) is 0.448. The first kappa shape index (κ1) is 27.3. The predicted molar refractivity (Wildman–Crippen MR) is 150 cm³/mol. The molecular weight excluding hydrogens is 514 g/mol. The van der Waals surface area contributed by atoms with Gasteiger partial charge in [-0.05, 0) is 93.0 Å². The van der Waals surface area contributed by atoms with Gasteiger partial charge in [-0.3, -0.25) is 9.59 Å². The first-order chi connectivity index (χ1) is 19.4. The number of rotatable bonds is 8. The average molecular weight is 550 g/mol. The lowest BCUT2D eigenvalue weighted by molar-refractivity contribution is -0.133. The van der Waals surface area contributed by atoms with Gasteiger partial charge < -0.3 is 30.7 Å². The molecule has 2 atom stereocenters. The van der Waals surface area contributed by atoms with E-state index in [1.54, 1.807) is 0 Å². The molecular formula is C29H35N5O6. The molecule has 11 nitrogen and oxygen atoms in total. The number of hydrogen-bond donors (Lipinski definition) is 4. The summed E-state index contributed by atoms with van der Waals surface area (Å²) in [5.41, 5.74) is 2.36. The SMILES string of the molecule is O=C(Nc1ccc(OC2CCCC2)cc1)Nc1ccc(N2CCC(CNC(=O)C3CCC(=O)N3C(=O)O)C2)cc1. The number of nitrogens with one attached hydrogen (secondary N) is 3. The molecule has 3 aliphatic rings. The molecule has 1 aliphatic carbocycles. The fourth-order valence-corrected chi connectivity index (χ4v) is 5.63. The lowest BCUT2D eigenvalue weighted by Crippen LogP contribution is -2.48. The second-order valence-electron chi connectivity index (χ2n) is 10.6. The summed E-state index contributed by atoms with van der Waals surface area (Å²) in [5, 5.41) is 17.7. The van der Waals surface area contributed by atoms with Crippen LogP contribution in [0.25, 0.3) is 0 Å². The molecule has 0 bridgehead atoms. The lowest BCUT2D eigenvalue weighted by atomic mass is 10.1. The van der Waals surface area contributed by atoms with Gasteiger partial charge >= 0.3 is 12.1 Å². The standard InChI is InChI=1S/C29H35N5O6/c35-26-14-13-25(34(26)29(38)39)27(36)30-17-19-15-16-33(18-19)22-9-5-20(6-10-22)31-28(37)32-21-7-11-24(12-8-21)40-23-3-1-2-4-23/h5-12,19,23,25H,1-4,13-18H2,(H,30,36)(H,38,39)(H2,31,32,37). The van der Waals surface area contributed by atoms with E-state index in [-0.39, 0.29) is 24.8 Å². The number of imide groups is 1. The minimum absolute atomic E-state index is 0.0664. The third-order valence-corrected chi connectivity index (χ3v) is 7.78. The molecule has 0 aromatic heterocycles. The van der Waals surface area contributed by atoms with Crippen molar-refractivity contribution in [1.82, 2.24) is 10.2 Å². The summed E-state index contributed by atoms with van der Waals surface area (Å²) in [5.74, 6) is 0.0652. The first-order valence-corrected chi connectivity index (χ1v) is 13.9. The number of carbonyl (C=O) groups excluding carboxylic acids is 3. The smallest absolute Gasteiger partial charge is 0.414 e. The van der Waals surface area contributed by atoms with E-state index in [9.17, 15) is 24.3 Å². The molecule has 3 fully saturated rings. The minimum Gasteiger partial charge on any atom is -0.490 e. The molecule has 0 radical (unpaired) electrons. The maximum atomic E-state index is 12.5. The highest BCUT2D eigenvalue weighted by Gasteiger charge is 2.40. The summed E-state index contributed by atoms with van der Waals surface area (Å²) in [6.07, 6.45) is 4.68. The molecule has 5 rings (SSSR count). The number of anilines is 3. The molecule has 4 N–H and O–H groups in total. The van der Waals surface area contributed by atoms with E-state index < -0.39 is 23.9 Å². The van der Waals surface area contributed by atoms with E-state index in [4.69, 9.17) is 4.74 Å². The topological polar surface area (TPSA) is 140 Å². The van der Waals surface area contributed by atoms with Gasteiger partial charge in [-0.25, -0.2) is 14.5 Å². The van der Waals surface area contributed by atoms with Gasteiger partial charge in [-0.2, -0.15) is 0 Å². The van der Waals surface area contributed by atoms with Crippen molar-refractivity contribution in [2.75, 3.05) is 35.2 Å². The highest BCUT2D eigenvalue weighted by atomic mass is 16.5. The summed E-state index contributed by atoms with van der Waals surface area (Å²) in [6, 6.07) is 13.7. The first-order valence-electron chi connectivity index (χ1n) is 13.9. The van der Waals surface area contributed by atoms with Gasteiger partial charge in [0.25, 0.3) is 0 Å². The zero-order chi connectivity index (χ0) is 28.1. The van der Waals surface area contributed by atoms with Gasteiger partial charge in [0.2, 0.25) is 11.8 Å². The van der Waals surface area contributed by atoms with Crippen LogP contribution in [0.2, 0.25) is 0 Å². The number of carbonyl (C=O) groups is 4. The third-order valence-electron chi connectivity index (χ3n) is 7.78. The summed E-state index contributed by atoms with van der Waals surface area (Å²) >= 11 is 0. The predicted octanol–water partition coefficient (Wildman–Crippen LogP) is 4.26. The molecule has 2 aromatic rings. The summed E-state index contributed by atoms with van der Waals surface area (Å²) < 4.78 is 5.97. The number of hydrogen-bond acceptors (Lipinski definition) is 6. The van der Waals surface area contributed by atoms with E-state index in [0.29, 0.717) is 28.9 Å². The number of urea groups is 1. The van der Waals surface area contributed by atoms with Crippen LogP contribution in [0.3, 0.4) is 0 Å². The van der Waals surface area contributed by atoms with Gasteiger partial charge in [-0.1, -0.05) is 0 Å². The van der Waals surface area contributed by atoms with E-state index in [1.165, 1.54) is 12.8 Å². The largest absolute Gasteiger partial charge is 0.490 e. The van der Waals surface area contributed by atoms with E-state index in [2.05, 4.69) is 20.9 Å². The number of amides is 5. The van der Waals surface area contributed by atoms with Crippen LogP contribution in [0.4, 0.5) is 26.7 Å². The molecule has 40 heavy (non-hydrogen) atoms. The molecule has 212 valence electrons. The molecule has 2 saturated heterocycles. The number of likely N-dealkylation sites (tertiary alicyclic amines) is 1. The monoisotopic (exact) mass is 549 g/mol. The average Bonchev–Trinajstić information content (AvgIpc) is 3.70. The number of carboxylic acid groups (broad SMARTS) is 1. The van der Waals surface area contributed by atoms with Crippen LogP contribution in [0, 0.1) is 5.92 Å². The Balaban J connectivity index is 1.05. The Morgan fingerprint density at radius 3 is 2.20 bits per heavy atom. The zero-order valence-electron chi connectivity index (χ0n) is 22.3. The van der Waals surface area contributed by atoms with Crippen LogP contribution in [0.1, 0.15) is 44.9 Å². The quantitative estimate of drug-likeness (QED) is 0.386. The van der Waals surface area contributed by atoms with Crippen molar-refractivity contribution in [3.05, 3.63) is 48.5 Å². The van der Waals surface area contributed by atoms with Crippen LogP contribution >= 0.6 is 0 Å². The van der Waals surface area contributed by atoms with Crippen molar-refractivity contribution in [1.29, 1.82) is 0 Å². The van der Waals surface area contributed by atoms with Crippen molar-refractivity contribution in [2.24, 2.45) is 5.92 Å². The lowest BCUT2D eigenvalue weighted by Gasteiger charge is -2.21. The second-order valence-corrected chi connectivity index (χ2v) is 10.6. The molecule has 5 amide bonds. The van der Waals surface area contributed by atoms with Crippen LogP contribution < -0.4 is 25.6 Å². The Bertz CT molecular complexity index is 1230. The van der Waals surface area contributed by atoms with Gasteiger partial charge in [0, 0.05) is 43.1 Å². The Labute approximate surface area is 232 Å². The Morgan fingerprint density at radius 2 is 1.55 bits per heavy atom. The summed E-state index contributed by atoms with van der Waals surface area (Å²) in [7, 11) is 0. The maximum absolute atomic E-state index is 12.5. The maximum Gasteiger partial charge on any atom is 0.414 e. The number of benzene rings is 2. The van der Waals surface area contributed by atoms with Gasteiger partial charge in [0.05, 0.1) is 6.10 Å². The van der Waals surface area contributed by atoms with Gasteiger partial charge in [0.1, 0.15) is 11.8 Å². The normalized spacial score (nSPS) is 20.9.